The third-order valence-corrected chi connectivity index (χ3v) is 3.74. The Morgan fingerprint density at radius 2 is 2.29 bits per heavy atom. The molecule has 6 nitrogen and oxygen atoms in total. The molecule has 1 aromatic carbocycles. The summed E-state index contributed by atoms with van der Waals surface area (Å²) in [5.41, 5.74) is 2.90. The molecule has 7 heteroatoms. The summed E-state index contributed by atoms with van der Waals surface area (Å²) in [7, 11) is 0. The normalized spacial score (nSPS) is 13.2. The van der Waals surface area contributed by atoms with E-state index in [0.29, 0.717) is 18.8 Å². The molecule has 21 heavy (non-hydrogen) atoms. The maximum absolute atomic E-state index is 6.16. The summed E-state index contributed by atoms with van der Waals surface area (Å²) in [6, 6.07) is 3.89. The monoisotopic (exact) mass is 301 g/mol. The van der Waals surface area contributed by atoms with Crippen LogP contribution in [0.4, 0.5) is 5.82 Å². The summed E-state index contributed by atoms with van der Waals surface area (Å²) >= 11 is 6.16. The fraction of sp³-hybridized carbons (Fsp3) is 0.214. The van der Waals surface area contributed by atoms with Crippen molar-refractivity contribution in [2.75, 3.05) is 11.9 Å². The SMILES string of the molecule is Clc1cc2c(c(CNc3ncnc4[nH]ncc34)c1)OCC2. The maximum Gasteiger partial charge on any atom is 0.160 e. The van der Waals surface area contributed by atoms with Gasteiger partial charge in [-0.2, -0.15) is 5.10 Å². The predicted octanol–water partition coefficient (Wildman–Crippen LogP) is 2.55. The van der Waals surface area contributed by atoms with E-state index in [2.05, 4.69) is 25.5 Å². The van der Waals surface area contributed by atoms with E-state index >= 15 is 0 Å². The molecular weight excluding hydrogens is 290 g/mol. The first-order chi connectivity index (χ1) is 10.3. The van der Waals surface area contributed by atoms with Crippen molar-refractivity contribution >= 4 is 28.5 Å². The van der Waals surface area contributed by atoms with E-state index in [9.17, 15) is 0 Å². The lowest BCUT2D eigenvalue weighted by Crippen LogP contribution is -2.04. The Morgan fingerprint density at radius 3 is 3.24 bits per heavy atom. The van der Waals surface area contributed by atoms with Gasteiger partial charge in [-0.1, -0.05) is 11.6 Å². The van der Waals surface area contributed by atoms with Crippen LogP contribution in [0.1, 0.15) is 11.1 Å². The molecule has 2 N–H and O–H groups in total. The Morgan fingerprint density at radius 1 is 1.33 bits per heavy atom. The molecule has 0 atom stereocenters. The summed E-state index contributed by atoms with van der Waals surface area (Å²) in [5.74, 6) is 1.67. The zero-order valence-electron chi connectivity index (χ0n) is 11.1. The highest BCUT2D eigenvalue weighted by Crippen LogP contribution is 2.33. The molecule has 0 aliphatic carbocycles. The van der Waals surface area contributed by atoms with Crippen molar-refractivity contribution in [2.45, 2.75) is 13.0 Å². The van der Waals surface area contributed by atoms with E-state index in [1.807, 2.05) is 12.1 Å². The van der Waals surface area contributed by atoms with Crippen molar-refractivity contribution in [1.29, 1.82) is 0 Å². The average molecular weight is 302 g/mol. The Bertz CT molecular complexity index is 816. The minimum atomic E-state index is 0.584. The van der Waals surface area contributed by atoms with Crippen molar-refractivity contribution in [1.82, 2.24) is 20.2 Å². The van der Waals surface area contributed by atoms with Crippen molar-refractivity contribution in [3.8, 4) is 5.75 Å². The zero-order chi connectivity index (χ0) is 14.2. The van der Waals surface area contributed by atoms with Crippen molar-refractivity contribution in [3.05, 3.63) is 40.8 Å². The minimum absolute atomic E-state index is 0.584. The van der Waals surface area contributed by atoms with Crippen LogP contribution >= 0.6 is 11.6 Å². The van der Waals surface area contributed by atoms with Crippen LogP contribution in [0.2, 0.25) is 5.02 Å². The number of benzene rings is 1. The lowest BCUT2D eigenvalue weighted by atomic mass is 10.1. The molecule has 0 saturated carbocycles. The highest BCUT2D eigenvalue weighted by Gasteiger charge is 2.17. The van der Waals surface area contributed by atoms with Crippen molar-refractivity contribution in [2.24, 2.45) is 0 Å². The summed E-state index contributed by atoms with van der Waals surface area (Å²) in [5, 5.41) is 11.7. The minimum Gasteiger partial charge on any atom is -0.493 e. The van der Waals surface area contributed by atoms with Crippen molar-refractivity contribution in [3.63, 3.8) is 0 Å². The first-order valence-corrected chi connectivity index (χ1v) is 7.01. The number of aromatic nitrogens is 4. The van der Waals surface area contributed by atoms with Crippen LogP contribution in [0.25, 0.3) is 11.0 Å². The van der Waals surface area contributed by atoms with Crippen LogP contribution in [0, 0.1) is 0 Å². The molecule has 1 aliphatic rings. The number of nitrogens with one attached hydrogen (secondary N) is 2. The van der Waals surface area contributed by atoms with Gasteiger partial charge in [0.1, 0.15) is 17.9 Å². The third-order valence-electron chi connectivity index (χ3n) is 3.52. The molecule has 106 valence electrons. The molecule has 0 amide bonds. The van der Waals surface area contributed by atoms with E-state index in [-0.39, 0.29) is 0 Å². The van der Waals surface area contributed by atoms with Gasteiger partial charge in [-0.15, -0.1) is 0 Å². The van der Waals surface area contributed by atoms with Crippen molar-refractivity contribution < 1.29 is 4.74 Å². The Balaban J connectivity index is 1.64. The first-order valence-electron chi connectivity index (χ1n) is 6.63. The summed E-state index contributed by atoms with van der Waals surface area (Å²) in [6.45, 7) is 1.29. The quantitative estimate of drug-likeness (QED) is 0.777. The number of fused-ring (bicyclic) bond motifs is 2. The Hall–Kier alpha value is -2.34. The number of rotatable bonds is 3. The van der Waals surface area contributed by atoms with Gasteiger partial charge in [0, 0.05) is 23.6 Å². The van der Waals surface area contributed by atoms with Gasteiger partial charge in [0.2, 0.25) is 0 Å². The molecule has 3 heterocycles. The first kappa shape index (κ1) is 12.4. The summed E-state index contributed by atoms with van der Waals surface area (Å²) < 4.78 is 5.70. The lowest BCUT2D eigenvalue weighted by Gasteiger charge is -2.11. The second kappa shape index (κ2) is 4.89. The number of hydrogen-bond donors (Lipinski definition) is 2. The summed E-state index contributed by atoms with van der Waals surface area (Å²) in [4.78, 5) is 8.37. The van der Waals surface area contributed by atoms with Crippen LogP contribution in [0.3, 0.4) is 0 Å². The number of H-pyrrole nitrogens is 1. The molecule has 0 saturated heterocycles. The average Bonchev–Trinajstić information content (AvgIpc) is 3.12. The van der Waals surface area contributed by atoms with Crippen LogP contribution in [0.5, 0.6) is 5.75 Å². The topological polar surface area (TPSA) is 75.7 Å². The van der Waals surface area contributed by atoms with Crippen LogP contribution < -0.4 is 10.1 Å². The van der Waals surface area contributed by atoms with Crippen LogP contribution in [-0.4, -0.2) is 26.8 Å². The second-order valence-corrected chi connectivity index (χ2v) is 5.30. The molecule has 0 unspecified atom stereocenters. The number of hydrogen-bond acceptors (Lipinski definition) is 5. The van der Waals surface area contributed by atoms with E-state index in [1.54, 1.807) is 6.20 Å². The largest absolute Gasteiger partial charge is 0.493 e. The van der Waals surface area contributed by atoms with Gasteiger partial charge in [0.25, 0.3) is 0 Å². The zero-order valence-corrected chi connectivity index (χ0v) is 11.8. The molecule has 2 aromatic heterocycles. The van der Waals surface area contributed by atoms with E-state index in [0.717, 1.165) is 39.5 Å². The van der Waals surface area contributed by atoms with Crippen LogP contribution in [0.15, 0.2) is 24.7 Å². The number of ether oxygens (including phenoxy) is 1. The second-order valence-electron chi connectivity index (χ2n) is 4.86. The van der Waals surface area contributed by atoms with E-state index in [4.69, 9.17) is 16.3 Å². The highest BCUT2D eigenvalue weighted by atomic mass is 35.5. The Kier molecular flexibility index (Phi) is 2.89. The van der Waals surface area contributed by atoms with Crippen LogP contribution in [-0.2, 0) is 13.0 Å². The lowest BCUT2D eigenvalue weighted by molar-refractivity contribution is 0.354. The molecule has 1 aliphatic heterocycles. The van der Waals surface area contributed by atoms with Gasteiger partial charge in [-0.25, -0.2) is 9.97 Å². The molecule has 0 fully saturated rings. The fourth-order valence-electron chi connectivity index (χ4n) is 2.56. The van der Waals surface area contributed by atoms with E-state index in [1.165, 1.54) is 6.33 Å². The molecule has 0 spiro atoms. The van der Waals surface area contributed by atoms with Gasteiger partial charge in [-0.05, 0) is 17.7 Å². The summed E-state index contributed by atoms with van der Waals surface area (Å²) in [6.07, 6.45) is 4.11. The molecule has 0 radical (unpaired) electrons. The van der Waals surface area contributed by atoms with Gasteiger partial charge >= 0.3 is 0 Å². The Labute approximate surface area is 125 Å². The predicted molar refractivity (Wildman–Crippen MR) is 79.7 cm³/mol. The number of nitrogens with zero attached hydrogens (tertiary/aromatic N) is 3. The fourth-order valence-corrected chi connectivity index (χ4v) is 2.83. The highest BCUT2D eigenvalue weighted by molar-refractivity contribution is 6.30. The third kappa shape index (κ3) is 2.17. The molecule has 0 bridgehead atoms. The van der Waals surface area contributed by atoms with Gasteiger partial charge in [-0.3, -0.25) is 5.10 Å². The number of halogens is 1. The van der Waals surface area contributed by atoms with Gasteiger partial charge in [0.05, 0.1) is 18.2 Å². The molecule has 3 aromatic rings. The maximum atomic E-state index is 6.16. The van der Waals surface area contributed by atoms with E-state index < -0.39 is 0 Å². The molecule has 4 rings (SSSR count). The standard InChI is InChI=1S/C14H12ClN5O/c15-10-3-8-1-2-21-12(8)9(4-10)5-16-13-11-6-19-20-14(11)18-7-17-13/h3-4,6-7H,1-2,5H2,(H2,16,17,18,19,20). The smallest absolute Gasteiger partial charge is 0.160 e. The van der Waals surface area contributed by atoms with Gasteiger partial charge in [0.15, 0.2) is 5.65 Å². The molecular formula is C14H12ClN5O. The van der Waals surface area contributed by atoms with Gasteiger partial charge < -0.3 is 10.1 Å². The number of aromatic amines is 1. The number of anilines is 1.